The smallest absolute Gasteiger partial charge is 0.310 e. The number of nitrogens with zero attached hydrogens (tertiary/aromatic N) is 1. The molecule has 32 heavy (non-hydrogen) atoms. The van der Waals surface area contributed by atoms with Crippen molar-refractivity contribution in [1.82, 2.24) is 4.90 Å². The van der Waals surface area contributed by atoms with Gasteiger partial charge in [-0.1, -0.05) is 35.9 Å². The molecule has 0 unspecified atom stereocenters. The van der Waals surface area contributed by atoms with Gasteiger partial charge in [-0.3, -0.25) is 4.79 Å². The quantitative estimate of drug-likeness (QED) is 0.574. The normalized spacial score (nSPS) is 19.1. The summed E-state index contributed by atoms with van der Waals surface area (Å²) < 4.78 is 24.8. The maximum atomic E-state index is 14.1. The van der Waals surface area contributed by atoms with Gasteiger partial charge in [0.15, 0.2) is 0 Å². The number of likely N-dealkylation sites (tertiary alicyclic amines) is 1. The molecule has 2 aromatic rings. The van der Waals surface area contributed by atoms with Crippen molar-refractivity contribution in [2.24, 2.45) is 17.1 Å². The number of halogens is 2. The number of hydrogen-bond donors (Lipinski definition) is 1. The van der Waals surface area contributed by atoms with Crippen molar-refractivity contribution in [1.29, 1.82) is 0 Å². The second kappa shape index (κ2) is 9.87. The van der Waals surface area contributed by atoms with Crippen LogP contribution in [0.25, 0.3) is 11.1 Å². The van der Waals surface area contributed by atoms with Crippen LogP contribution in [-0.4, -0.2) is 56.4 Å². The van der Waals surface area contributed by atoms with E-state index in [2.05, 4.69) is 4.90 Å². The van der Waals surface area contributed by atoms with Gasteiger partial charge in [-0.15, -0.1) is 0 Å². The van der Waals surface area contributed by atoms with Crippen LogP contribution in [-0.2, 0) is 20.7 Å². The van der Waals surface area contributed by atoms with Gasteiger partial charge in [0.2, 0.25) is 0 Å². The third-order valence-corrected chi connectivity index (χ3v) is 6.55. The standard InChI is InChI=1S/C25H30ClFN2O3/c1-2-32-24(30)19(12-29-13-25(14-29)15-31-16-25)10-21(28)9-17-3-5-18(6-4-17)22-11-20(26)7-8-23(22)27/h3-8,11,19,21H,2,9-10,12-16,28H2,1H3/t19-,21+/m0/s1. The molecule has 0 amide bonds. The Morgan fingerprint density at radius 3 is 2.59 bits per heavy atom. The molecule has 0 bridgehead atoms. The number of ether oxygens (including phenoxy) is 2. The minimum atomic E-state index is -0.308. The molecule has 2 aliphatic rings. The van der Waals surface area contributed by atoms with Gasteiger partial charge in [-0.05, 0) is 49.1 Å². The highest BCUT2D eigenvalue weighted by Gasteiger charge is 2.49. The van der Waals surface area contributed by atoms with E-state index in [4.69, 9.17) is 26.8 Å². The number of benzene rings is 2. The fraction of sp³-hybridized carbons (Fsp3) is 0.480. The summed E-state index contributed by atoms with van der Waals surface area (Å²) in [5.74, 6) is -0.735. The first-order chi connectivity index (χ1) is 15.4. The lowest BCUT2D eigenvalue weighted by Crippen LogP contribution is -2.66. The summed E-state index contributed by atoms with van der Waals surface area (Å²) in [5.41, 5.74) is 9.02. The van der Waals surface area contributed by atoms with Gasteiger partial charge in [-0.25, -0.2) is 4.39 Å². The summed E-state index contributed by atoms with van der Waals surface area (Å²) in [6.07, 6.45) is 1.19. The summed E-state index contributed by atoms with van der Waals surface area (Å²) in [6, 6.07) is 12.0. The SMILES string of the molecule is CCOC(=O)[C@@H](C[C@H](N)Cc1ccc(-c2cc(Cl)ccc2F)cc1)CN1CC2(COC2)C1. The zero-order chi connectivity index (χ0) is 22.7. The molecule has 4 rings (SSSR count). The molecule has 0 aliphatic carbocycles. The maximum absolute atomic E-state index is 14.1. The molecule has 2 saturated heterocycles. The van der Waals surface area contributed by atoms with Crippen molar-refractivity contribution in [2.45, 2.75) is 25.8 Å². The average molecular weight is 461 g/mol. The van der Waals surface area contributed by atoms with E-state index in [9.17, 15) is 9.18 Å². The van der Waals surface area contributed by atoms with Gasteiger partial charge >= 0.3 is 5.97 Å². The van der Waals surface area contributed by atoms with E-state index in [0.29, 0.717) is 42.0 Å². The van der Waals surface area contributed by atoms with Crippen molar-refractivity contribution < 1.29 is 18.7 Å². The van der Waals surface area contributed by atoms with Crippen LogP contribution in [0.1, 0.15) is 18.9 Å². The number of nitrogens with two attached hydrogens (primary N) is 1. The summed E-state index contributed by atoms with van der Waals surface area (Å²) >= 11 is 6.01. The number of esters is 1. The zero-order valence-corrected chi connectivity index (χ0v) is 19.1. The number of hydrogen-bond acceptors (Lipinski definition) is 5. The Morgan fingerprint density at radius 1 is 1.25 bits per heavy atom. The Morgan fingerprint density at radius 2 is 1.97 bits per heavy atom. The predicted molar refractivity (Wildman–Crippen MR) is 123 cm³/mol. The third-order valence-electron chi connectivity index (χ3n) is 6.31. The van der Waals surface area contributed by atoms with Crippen LogP contribution >= 0.6 is 11.6 Å². The largest absolute Gasteiger partial charge is 0.466 e. The molecule has 2 aliphatic heterocycles. The lowest BCUT2D eigenvalue weighted by Gasteiger charge is -2.55. The molecule has 2 N–H and O–H groups in total. The fourth-order valence-electron chi connectivity index (χ4n) is 4.71. The van der Waals surface area contributed by atoms with Crippen LogP contribution in [0.3, 0.4) is 0 Å². The minimum Gasteiger partial charge on any atom is -0.466 e. The first-order valence-corrected chi connectivity index (χ1v) is 11.5. The molecule has 1 spiro atoms. The van der Waals surface area contributed by atoms with Gasteiger partial charge in [0.05, 0.1) is 25.7 Å². The third kappa shape index (κ3) is 5.31. The molecular weight excluding hydrogens is 431 g/mol. The highest BCUT2D eigenvalue weighted by atomic mass is 35.5. The van der Waals surface area contributed by atoms with Gasteiger partial charge in [-0.2, -0.15) is 0 Å². The van der Waals surface area contributed by atoms with Crippen LogP contribution in [0.15, 0.2) is 42.5 Å². The van der Waals surface area contributed by atoms with Gasteiger partial charge in [0.1, 0.15) is 5.82 Å². The van der Waals surface area contributed by atoms with E-state index >= 15 is 0 Å². The highest BCUT2D eigenvalue weighted by molar-refractivity contribution is 6.30. The number of rotatable bonds is 9. The topological polar surface area (TPSA) is 64.8 Å². The zero-order valence-electron chi connectivity index (χ0n) is 18.4. The minimum absolute atomic E-state index is 0.180. The molecule has 0 aromatic heterocycles. The van der Waals surface area contributed by atoms with E-state index in [1.54, 1.807) is 6.07 Å². The second-order valence-corrected chi connectivity index (χ2v) is 9.57. The Hall–Kier alpha value is -1.99. The Bertz CT molecular complexity index is 941. The molecule has 7 heteroatoms. The van der Waals surface area contributed by atoms with Crippen LogP contribution in [0.5, 0.6) is 0 Å². The first kappa shape index (κ1) is 23.2. The van der Waals surface area contributed by atoms with Crippen molar-refractivity contribution >= 4 is 17.6 Å². The molecule has 5 nitrogen and oxygen atoms in total. The van der Waals surface area contributed by atoms with E-state index in [1.165, 1.54) is 12.1 Å². The molecule has 172 valence electrons. The van der Waals surface area contributed by atoms with Crippen LogP contribution in [0.2, 0.25) is 5.02 Å². The summed E-state index contributed by atoms with van der Waals surface area (Å²) in [5, 5.41) is 0.496. The lowest BCUT2D eigenvalue weighted by molar-refractivity contribution is -0.193. The number of carbonyl (C=O) groups excluding carboxylic acids is 1. The van der Waals surface area contributed by atoms with Crippen molar-refractivity contribution in [3.8, 4) is 11.1 Å². The Balaban J connectivity index is 1.35. The van der Waals surface area contributed by atoms with Crippen LogP contribution in [0, 0.1) is 17.2 Å². The molecule has 2 heterocycles. The summed E-state index contributed by atoms with van der Waals surface area (Å²) in [6.45, 7) is 6.44. The molecule has 2 atom stereocenters. The maximum Gasteiger partial charge on any atom is 0.310 e. The highest BCUT2D eigenvalue weighted by Crippen LogP contribution is 2.38. The van der Waals surface area contributed by atoms with Crippen LogP contribution in [0.4, 0.5) is 4.39 Å². The van der Waals surface area contributed by atoms with Gasteiger partial charge in [0.25, 0.3) is 0 Å². The fourth-order valence-corrected chi connectivity index (χ4v) is 4.88. The second-order valence-electron chi connectivity index (χ2n) is 9.13. The molecule has 0 saturated carbocycles. The summed E-state index contributed by atoms with van der Waals surface area (Å²) in [4.78, 5) is 14.8. The van der Waals surface area contributed by atoms with Crippen molar-refractivity contribution in [3.63, 3.8) is 0 Å². The molecule has 2 fully saturated rings. The van der Waals surface area contributed by atoms with Gasteiger partial charge in [0, 0.05) is 41.7 Å². The van der Waals surface area contributed by atoms with E-state index < -0.39 is 0 Å². The first-order valence-electron chi connectivity index (χ1n) is 11.1. The number of carbonyl (C=O) groups is 1. The monoisotopic (exact) mass is 460 g/mol. The van der Waals surface area contributed by atoms with E-state index in [0.717, 1.165) is 37.4 Å². The predicted octanol–water partition coefficient (Wildman–Crippen LogP) is 3.92. The molecular formula is C25H30ClFN2O3. The van der Waals surface area contributed by atoms with Crippen molar-refractivity contribution in [2.75, 3.05) is 39.5 Å². The average Bonchev–Trinajstić information content (AvgIpc) is 2.70. The Labute approximate surface area is 193 Å². The van der Waals surface area contributed by atoms with Crippen molar-refractivity contribution in [3.05, 3.63) is 58.9 Å². The van der Waals surface area contributed by atoms with E-state index in [-0.39, 0.29) is 23.7 Å². The van der Waals surface area contributed by atoms with Gasteiger partial charge < -0.3 is 20.1 Å². The Kier molecular flexibility index (Phi) is 7.15. The lowest BCUT2D eigenvalue weighted by atomic mass is 9.77. The molecule has 2 aromatic carbocycles. The molecule has 0 radical (unpaired) electrons. The summed E-state index contributed by atoms with van der Waals surface area (Å²) in [7, 11) is 0. The van der Waals surface area contributed by atoms with Crippen LogP contribution < -0.4 is 5.73 Å². The van der Waals surface area contributed by atoms with E-state index in [1.807, 2.05) is 31.2 Å².